The number of thiophene rings is 2. The fourth-order valence-electron chi connectivity index (χ4n) is 6.21. The Morgan fingerprint density at radius 1 is 0.413 bits per heavy atom. The van der Waals surface area contributed by atoms with Gasteiger partial charge >= 0.3 is 0 Å². The number of hydrogen-bond acceptors (Lipinski definition) is 6. The molecule has 4 aromatic heterocycles. The first-order valence-electron chi connectivity index (χ1n) is 15.0. The van der Waals surface area contributed by atoms with Crippen LogP contribution in [0.3, 0.4) is 0 Å². The van der Waals surface area contributed by atoms with Crippen molar-refractivity contribution in [1.29, 1.82) is 0 Å². The van der Waals surface area contributed by atoms with Crippen molar-refractivity contribution in [2.24, 2.45) is 0 Å². The van der Waals surface area contributed by atoms with E-state index in [4.69, 9.17) is 14.4 Å². The predicted octanol–water partition coefficient (Wildman–Crippen LogP) is 12.7. The predicted molar refractivity (Wildman–Crippen MR) is 197 cm³/mol. The molecule has 0 radical (unpaired) electrons. The van der Waals surface area contributed by atoms with Gasteiger partial charge in [0.15, 0.2) is 5.58 Å². The van der Waals surface area contributed by atoms with Gasteiger partial charge in [-0.25, -0.2) is 9.97 Å². The van der Waals surface area contributed by atoms with Crippen LogP contribution in [-0.4, -0.2) is 9.97 Å². The fraction of sp³-hybridized carbons (Fsp3) is 0. The molecule has 0 saturated heterocycles. The highest BCUT2D eigenvalue weighted by Gasteiger charge is 2.15. The summed E-state index contributed by atoms with van der Waals surface area (Å²) in [7, 11) is 0. The van der Waals surface area contributed by atoms with E-state index in [-0.39, 0.29) is 0 Å². The third-order valence-corrected chi connectivity index (χ3v) is 12.0. The molecule has 0 saturated carbocycles. The van der Waals surface area contributed by atoms with Crippen molar-refractivity contribution in [3.8, 4) is 41.5 Å². The van der Waals surface area contributed by atoms with Crippen LogP contribution in [0.5, 0.6) is 0 Å². The quantitative estimate of drug-likeness (QED) is 0.192. The summed E-state index contributed by atoms with van der Waals surface area (Å²) in [5.41, 5.74) is 5.10. The fourth-order valence-corrected chi connectivity index (χ4v) is 9.19. The second-order valence-electron chi connectivity index (χ2n) is 11.5. The summed E-state index contributed by atoms with van der Waals surface area (Å²) in [6.45, 7) is 0. The molecule has 46 heavy (non-hydrogen) atoms. The molecule has 0 aliphatic carbocycles. The molecule has 10 rings (SSSR count). The van der Waals surface area contributed by atoms with E-state index in [0.717, 1.165) is 37.3 Å². The van der Waals surface area contributed by atoms with E-state index in [1.807, 2.05) is 0 Å². The van der Waals surface area contributed by atoms with Crippen LogP contribution in [0.25, 0.3) is 95.2 Å². The zero-order chi connectivity index (χ0) is 30.2. The van der Waals surface area contributed by atoms with Crippen molar-refractivity contribution < 1.29 is 4.42 Å². The molecule has 3 nitrogen and oxygen atoms in total. The van der Waals surface area contributed by atoms with Gasteiger partial charge in [-0.3, -0.25) is 0 Å². The van der Waals surface area contributed by atoms with Crippen LogP contribution in [0.1, 0.15) is 0 Å². The average Bonchev–Trinajstić information content (AvgIpc) is 3.91. The summed E-state index contributed by atoms with van der Waals surface area (Å²) in [5, 5.41) is 8.30. The topological polar surface area (TPSA) is 38.9 Å². The second-order valence-corrected chi connectivity index (χ2v) is 14.7. The number of thiazole rings is 1. The largest absolute Gasteiger partial charge is 0.435 e. The lowest BCUT2D eigenvalue weighted by atomic mass is 10.1. The summed E-state index contributed by atoms with van der Waals surface area (Å²) in [5.74, 6) is 0.657. The zero-order valence-corrected chi connectivity index (χ0v) is 26.7. The molecule has 6 heteroatoms. The van der Waals surface area contributed by atoms with E-state index in [1.54, 1.807) is 34.0 Å². The van der Waals surface area contributed by atoms with E-state index in [9.17, 15) is 0 Å². The number of aromatic nitrogens is 2. The second kappa shape index (κ2) is 10.2. The van der Waals surface area contributed by atoms with Crippen molar-refractivity contribution in [2.75, 3.05) is 0 Å². The van der Waals surface area contributed by atoms with Crippen LogP contribution in [0, 0.1) is 0 Å². The highest BCUT2D eigenvalue weighted by Crippen LogP contribution is 2.41. The van der Waals surface area contributed by atoms with E-state index in [2.05, 4.69) is 133 Å². The van der Waals surface area contributed by atoms with Crippen LogP contribution < -0.4 is 0 Å². The Labute approximate surface area is 275 Å². The molecular weight excluding hydrogens is 621 g/mol. The number of rotatable bonds is 4. The van der Waals surface area contributed by atoms with Gasteiger partial charge in [-0.2, -0.15) is 0 Å². The molecule has 0 amide bonds. The number of oxazole rings is 1. The Morgan fingerprint density at radius 2 is 1.00 bits per heavy atom. The zero-order valence-electron chi connectivity index (χ0n) is 24.2. The first-order chi connectivity index (χ1) is 22.7. The monoisotopic (exact) mass is 642 g/mol. The SMILES string of the molecule is c1ccc2cc(-c3ccc(-c4nc5cc6cc7sc(-c8ccc(-c9ccc%10ccccc%10c9)s8)nc7cc6cc5o4)s3)ccc2c1. The number of fused-ring (bicyclic) bond motifs is 5. The van der Waals surface area contributed by atoms with Gasteiger partial charge in [0.2, 0.25) is 5.89 Å². The summed E-state index contributed by atoms with van der Waals surface area (Å²) in [6, 6.07) is 47.6. The molecule has 0 bridgehead atoms. The molecule has 0 spiro atoms. The molecule has 0 atom stereocenters. The molecule has 0 aliphatic heterocycles. The summed E-state index contributed by atoms with van der Waals surface area (Å²) < 4.78 is 7.49. The first-order valence-corrected chi connectivity index (χ1v) is 17.5. The standard InChI is InChI=1S/C40H22N2OS3/c1-3-7-25-17-27(11-9-23(25)5-1)34-13-15-36(44-34)39-41-31-19-30-22-38-32(20-29(30)21-33(31)43-39)42-40(46-38)37-16-14-35(45-37)28-12-10-24-6-2-4-8-26(24)18-28/h1-22H. The van der Waals surface area contributed by atoms with Gasteiger partial charge in [-0.05, 0) is 104 Å². The Hall–Kier alpha value is -5.14. The maximum atomic E-state index is 6.32. The molecule has 4 heterocycles. The van der Waals surface area contributed by atoms with E-state index >= 15 is 0 Å². The van der Waals surface area contributed by atoms with Gasteiger partial charge in [0.25, 0.3) is 0 Å². The number of nitrogens with zero attached hydrogens (tertiary/aromatic N) is 2. The lowest BCUT2D eigenvalue weighted by Crippen LogP contribution is -1.76. The third-order valence-electron chi connectivity index (χ3n) is 8.55. The maximum Gasteiger partial charge on any atom is 0.237 e. The van der Waals surface area contributed by atoms with Gasteiger partial charge in [0.1, 0.15) is 10.5 Å². The molecule has 0 fully saturated rings. The lowest BCUT2D eigenvalue weighted by Gasteiger charge is -2.01. The Kier molecular flexibility index (Phi) is 5.78. The maximum absolute atomic E-state index is 6.32. The normalized spacial score (nSPS) is 11.9. The minimum atomic E-state index is 0.657. The number of hydrogen-bond donors (Lipinski definition) is 0. The van der Waals surface area contributed by atoms with Crippen molar-refractivity contribution >= 4 is 87.6 Å². The van der Waals surface area contributed by atoms with E-state index < -0.39 is 0 Å². The minimum absolute atomic E-state index is 0.657. The summed E-state index contributed by atoms with van der Waals surface area (Å²) in [6.07, 6.45) is 0. The number of benzene rings is 6. The van der Waals surface area contributed by atoms with Crippen LogP contribution in [0.15, 0.2) is 138 Å². The van der Waals surface area contributed by atoms with Gasteiger partial charge < -0.3 is 4.42 Å². The van der Waals surface area contributed by atoms with Crippen molar-refractivity contribution in [3.63, 3.8) is 0 Å². The van der Waals surface area contributed by atoms with Gasteiger partial charge in [0.05, 0.1) is 20.0 Å². The Morgan fingerprint density at radius 3 is 1.72 bits per heavy atom. The average molecular weight is 643 g/mol. The smallest absolute Gasteiger partial charge is 0.237 e. The van der Waals surface area contributed by atoms with Gasteiger partial charge in [-0.1, -0.05) is 72.8 Å². The first kappa shape index (κ1) is 26.1. The van der Waals surface area contributed by atoms with Gasteiger partial charge in [0, 0.05) is 9.75 Å². The van der Waals surface area contributed by atoms with Crippen LogP contribution >= 0.6 is 34.0 Å². The van der Waals surface area contributed by atoms with Crippen molar-refractivity contribution in [1.82, 2.24) is 9.97 Å². The Bertz CT molecular complexity index is 2520. The van der Waals surface area contributed by atoms with Gasteiger partial charge in [-0.15, -0.1) is 34.0 Å². The van der Waals surface area contributed by atoms with Crippen LogP contribution in [0.4, 0.5) is 0 Å². The molecule has 10 aromatic rings. The Balaban J connectivity index is 0.968. The molecule has 0 unspecified atom stereocenters. The van der Waals surface area contributed by atoms with Crippen molar-refractivity contribution in [2.45, 2.75) is 0 Å². The molecule has 216 valence electrons. The molecular formula is C40H22N2OS3. The lowest BCUT2D eigenvalue weighted by molar-refractivity contribution is 0.622. The van der Waals surface area contributed by atoms with Crippen LogP contribution in [0.2, 0.25) is 0 Å². The highest BCUT2D eigenvalue weighted by molar-refractivity contribution is 7.26. The molecule has 6 aromatic carbocycles. The summed E-state index contributed by atoms with van der Waals surface area (Å²) in [4.78, 5) is 14.6. The van der Waals surface area contributed by atoms with Crippen molar-refractivity contribution in [3.05, 3.63) is 133 Å². The van der Waals surface area contributed by atoms with E-state index in [1.165, 1.54) is 52.0 Å². The molecule has 0 N–H and O–H groups in total. The highest BCUT2D eigenvalue weighted by atomic mass is 32.1. The summed E-state index contributed by atoms with van der Waals surface area (Å²) >= 11 is 5.24. The van der Waals surface area contributed by atoms with E-state index in [0.29, 0.717) is 5.89 Å². The minimum Gasteiger partial charge on any atom is -0.435 e. The van der Waals surface area contributed by atoms with Crippen LogP contribution in [-0.2, 0) is 0 Å². The molecule has 0 aliphatic rings. The third kappa shape index (κ3) is 4.37.